The van der Waals surface area contributed by atoms with Crippen LogP contribution in [0.15, 0.2) is 36.4 Å². The number of amides is 2. The van der Waals surface area contributed by atoms with Crippen LogP contribution in [0.3, 0.4) is 0 Å². The van der Waals surface area contributed by atoms with Crippen molar-refractivity contribution in [2.24, 2.45) is 17.2 Å². The summed E-state index contributed by atoms with van der Waals surface area (Å²) in [6.45, 7) is 13.3. The first-order valence-electron chi connectivity index (χ1n) is 14.7. The second kappa shape index (κ2) is 14.7. The molecule has 2 aromatic carbocycles. The van der Waals surface area contributed by atoms with Gasteiger partial charge in [-0.15, -0.1) is 0 Å². The first kappa shape index (κ1) is 31.7. The molecule has 1 aliphatic heterocycles. The number of nitrogens with zero attached hydrogens (tertiary/aromatic N) is 2. The fourth-order valence-electron chi connectivity index (χ4n) is 5.78. The quantitative estimate of drug-likeness (QED) is 0.300. The van der Waals surface area contributed by atoms with E-state index in [1.54, 1.807) is 0 Å². The molecule has 8 nitrogen and oxygen atoms in total. The standard InChI is InChI=1S/C32H50N6O2/c1-21-8-10-26(23(3)15-21)17-29(34)31(39)37-20-28(7-6-13-36-14-12-33)38(19-25(37)5)32(40)30(35)18-27-11-9-22(2)16-24(27)4/h8-11,15-16,25,28-30,36H,6-7,12-14,17-20,33-35H2,1-5H3/t25-,28+,29-,30-/m1/s1. The van der Waals surface area contributed by atoms with Crippen LogP contribution in [-0.4, -0.2) is 78.5 Å². The van der Waals surface area contributed by atoms with Crippen LogP contribution in [-0.2, 0) is 22.4 Å². The topological polar surface area (TPSA) is 131 Å². The minimum atomic E-state index is -0.638. The van der Waals surface area contributed by atoms with Gasteiger partial charge in [-0.3, -0.25) is 9.59 Å². The number of rotatable bonds is 12. The summed E-state index contributed by atoms with van der Waals surface area (Å²) < 4.78 is 0. The number of carbonyl (C=O) groups excluding carboxylic acids is 2. The molecule has 4 atom stereocenters. The number of nitrogens with two attached hydrogens (primary N) is 3. The van der Waals surface area contributed by atoms with Gasteiger partial charge in [0, 0.05) is 38.3 Å². The minimum absolute atomic E-state index is 0.0570. The Morgan fingerprint density at radius 3 is 1.88 bits per heavy atom. The van der Waals surface area contributed by atoms with E-state index in [0.29, 0.717) is 32.5 Å². The summed E-state index contributed by atoms with van der Waals surface area (Å²) in [6.07, 6.45) is 2.61. The highest BCUT2D eigenvalue weighted by molar-refractivity contribution is 5.85. The Labute approximate surface area is 240 Å². The average molecular weight is 551 g/mol. The number of nitrogens with one attached hydrogen (secondary N) is 1. The van der Waals surface area contributed by atoms with Gasteiger partial charge in [-0.1, -0.05) is 47.5 Å². The third kappa shape index (κ3) is 8.36. The number of hydrogen-bond acceptors (Lipinski definition) is 6. The molecule has 8 heteroatoms. The Kier molecular flexibility index (Phi) is 11.7. The molecule has 220 valence electrons. The smallest absolute Gasteiger partial charge is 0.240 e. The molecule has 0 spiro atoms. The van der Waals surface area contributed by atoms with E-state index in [2.05, 4.69) is 69.4 Å². The second-order valence-electron chi connectivity index (χ2n) is 11.6. The zero-order valence-corrected chi connectivity index (χ0v) is 25.1. The first-order chi connectivity index (χ1) is 19.0. The molecule has 0 aliphatic carbocycles. The number of carbonyl (C=O) groups is 2. The zero-order chi connectivity index (χ0) is 29.4. The Hall–Kier alpha value is -2.78. The van der Waals surface area contributed by atoms with Crippen LogP contribution < -0.4 is 22.5 Å². The van der Waals surface area contributed by atoms with E-state index in [1.807, 2.05) is 16.7 Å². The third-order valence-corrected chi connectivity index (χ3v) is 8.13. The monoisotopic (exact) mass is 550 g/mol. The van der Waals surface area contributed by atoms with E-state index in [-0.39, 0.29) is 23.9 Å². The largest absolute Gasteiger partial charge is 0.335 e. The molecule has 3 rings (SSSR count). The van der Waals surface area contributed by atoms with Crippen molar-refractivity contribution < 1.29 is 9.59 Å². The van der Waals surface area contributed by atoms with Gasteiger partial charge in [0.15, 0.2) is 0 Å². The van der Waals surface area contributed by atoms with E-state index in [1.165, 1.54) is 11.1 Å². The summed E-state index contributed by atoms with van der Waals surface area (Å²) >= 11 is 0. The molecule has 1 saturated heterocycles. The lowest BCUT2D eigenvalue weighted by atomic mass is 9.95. The van der Waals surface area contributed by atoms with E-state index >= 15 is 0 Å². The number of hydrogen-bond donors (Lipinski definition) is 4. The van der Waals surface area contributed by atoms with Crippen molar-refractivity contribution >= 4 is 11.8 Å². The lowest BCUT2D eigenvalue weighted by molar-refractivity contribution is -0.148. The van der Waals surface area contributed by atoms with E-state index in [9.17, 15) is 9.59 Å². The van der Waals surface area contributed by atoms with Gasteiger partial charge in [-0.25, -0.2) is 0 Å². The number of piperazine rings is 1. The minimum Gasteiger partial charge on any atom is -0.335 e. The van der Waals surface area contributed by atoms with Gasteiger partial charge in [0.05, 0.1) is 12.1 Å². The molecule has 2 aromatic rings. The summed E-state index contributed by atoms with van der Waals surface area (Å²) in [5.74, 6) is -0.121. The van der Waals surface area contributed by atoms with Crippen molar-refractivity contribution in [2.45, 2.75) is 84.5 Å². The van der Waals surface area contributed by atoms with Crippen LogP contribution in [0.2, 0.25) is 0 Å². The van der Waals surface area contributed by atoms with Crippen LogP contribution in [0.1, 0.15) is 53.1 Å². The average Bonchev–Trinajstić information content (AvgIpc) is 2.91. The van der Waals surface area contributed by atoms with Crippen molar-refractivity contribution in [1.29, 1.82) is 0 Å². The van der Waals surface area contributed by atoms with Crippen molar-refractivity contribution in [3.05, 3.63) is 69.8 Å². The summed E-state index contributed by atoms with van der Waals surface area (Å²) in [5, 5.41) is 3.33. The maximum atomic E-state index is 13.7. The van der Waals surface area contributed by atoms with Crippen LogP contribution in [0.4, 0.5) is 0 Å². The lowest BCUT2D eigenvalue weighted by Crippen LogP contribution is -2.64. The molecular weight excluding hydrogens is 500 g/mol. The molecule has 40 heavy (non-hydrogen) atoms. The maximum absolute atomic E-state index is 13.7. The molecule has 0 unspecified atom stereocenters. The second-order valence-corrected chi connectivity index (χ2v) is 11.6. The number of aryl methyl sites for hydroxylation is 4. The van der Waals surface area contributed by atoms with Crippen LogP contribution in [0.5, 0.6) is 0 Å². The summed E-state index contributed by atoms with van der Waals surface area (Å²) in [6, 6.07) is 10.9. The highest BCUT2D eigenvalue weighted by Crippen LogP contribution is 2.23. The maximum Gasteiger partial charge on any atom is 0.240 e. The van der Waals surface area contributed by atoms with E-state index < -0.39 is 12.1 Å². The van der Waals surface area contributed by atoms with E-state index in [0.717, 1.165) is 48.2 Å². The molecule has 1 heterocycles. The van der Waals surface area contributed by atoms with Crippen molar-refractivity contribution in [1.82, 2.24) is 15.1 Å². The van der Waals surface area contributed by atoms with Crippen molar-refractivity contribution in [3.8, 4) is 0 Å². The third-order valence-electron chi connectivity index (χ3n) is 8.13. The molecule has 0 bridgehead atoms. The van der Waals surface area contributed by atoms with Gasteiger partial charge in [0.2, 0.25) is 11.8 Å². The Morgan fingerprint density at radius 2 is 1.38 bits per heavy atom. The highest BCUT2D eigenvalue weighted by atomic mass is 16.2. The van der Waals surface area contributed by atoms with Crippen LogP contribution >= 0.6 is 0 Å². The molecule has 2 amide bonds. The van der Waals surface area contributed by atoms with Gasteiger partial charge in [-0.2, -0.15) is 0 Å². The molecule has 0 saturated carbocycles. The molecule has 0 aromatic heterocycles. The fourth-order valence-corrected chi connectivity index (χ4v) is 5.78. The summed E-state index contributed by atoms with van der Waals surface area (Å²) in [5.41, 5.74) is 25.5. The predicted octanol–water partition coefficient (Wildman–Crippen LogP) is 2.12. The Morgan fingerprint density at radius 1 is 0.850 bits per heavy atom. The van der Waals surface area contributed by atoms with Gasteiger partial charge < -0.3 is 32.3 Å². The van der Waals surface area contributed by atoms with Gasteiger partial charge >= 0.3 is 0 Å². The normalized spacial score (nSPS) is 19.0. The molecule has 1 aliphatic rings. The van der Waals surface area contributed by atoms with Gasteiger partial charge in [0.1, 0.15) is 0 Å². The summed E-state index contributed by atoms with van der Waals surface area (Å²) in [4.78, 5) is 31.1. The Balaban J connectivity index is 1.73. The highest BCUT2D eigenvalue weighted by Gasteiger charge is 2.39. The molecule has 7 N–H and O–H groups in total. The molecular formula is C32H50N6O2. The fraction of sp³-hybridized carbons (Fsp3) is 0.562. The summed E-state index contributed by atoms with van der Waals surface area (Å²) in [7, 11) is 0. The van der Waals surface area contributed by atoms with Crippen LogP contribution in [0.25, 0.3) is 0 Å². The molecule has 0 radical (unpaired) electrons. The predicted molar refractivity (Wildman–Crippen MR) is 163 cm³/mol. The number of benzene rings is 2. The van der Waals surface area contributed by atoms with Crippen molar-refractivity contribution in [2.75, 3.05) is 32.7 Å². The van der Waals surface area contributed by atoms with Gasteiger partial charge in [-0.05, 0) is 89.1 Å². The van der Waals surface area contributed by atoms with E-state index in [4.69, 9.17) is 17.2 Å². The zero-order valence-electron chi connectivity index (χ0n) is 25.1. The first-order valence-corrected chi connectivity index (χ1v) is 14.7. The van der Waals surface area contributed by atoms with Crippen molar-refractivity contribution in [3.63, 3.8) is 0 Å². The van der Waals surface area contributed by atoms with Crippen LogP contribution in [0, 0.1) is 27.7 Å². The molecule has 1 fully saturated rings. The van der Waals surface area contributed by atoms with Gasteiger partial charge in [0.25, 0.3) is 0 Å². The SMILES string of the molecule is Cc1ccc(C[C@@H](N)C(=O)N2C[C@@H](C)N(C(=O)[C@H](N)Cc3ccc(C)cc3C)C[C@@H]2CCCNCCN)c(C)c1. The Bertz CT molecular complexity index is 1150. The lowest BCUT2D eigenvalue weighted by Gasteiger charge is -2.47.